The topological polar surface area (TPSA) is 68.8 Å². The molecule has 0 bridgehead atoms. The molecule has 0 aliphatic heterocycles. The maximum absolute atomic E-state index is 12.7. The summed E-state index contributed by atoms with van der Waals surface area (Å²) >= 11 is 1.51. The third-order valence-corrected chi connectivity index (χ3v) is 5.27. The number of carbonyl (C=O) groups is 1. The summed E-state index contributed by atoms with van der Waals surface area (Å²) in [6.07, 6.45) is 0. The van der Waals surface area contributed by atoms with Crippen molar-refractivity contribution in [1.82, 2.24) is 9.99 Å². The van der Waals surface area contributed by atoms with Crippen molar-refractivity contribution in [2.45, 2.75) is 6.61 Å². The van der Waals surface area contributed by atoms with Crippen LogP contribution in [0.1, 0.15) is 16.1 Å². The molecule has 0 aliphatic rings. The molecule has 2 aromatic carbocycles. The van der Waals surface area contributed by atoms with Gasteiger partial charge in [-0.2, -0.15) is 0 Å². The second kappa shape index (κ2) is 6.78. The number of thiazole rings is 1. The average Bonchev–Trinajstić information content (AvgIpc) is 3.19. The Morgan fingerprint density at radius 2 is 2.00 bits per heavy atom. The Labute approximate surface area is 153 Å². The highest BCUT2D eigenvalue weighted by Gasteiger charge is 2.20. The SMILES string of the molecule is COCc1c(C(=O)N/N=c2/sc3ccccc3n2C)oc2ccccc12. The molecule has 7 heteroatoms. The number of methoxy groups -OCH3 is 1. The molecule has 0 saturated heterocycles. The number of hydrogen-bond donors (Lipinski definition) is 1. The monoisotopic (exact) mass is 367 g/mol. The van der Waals surface area contributed by atoms with Gasteiger partial charge in [0.25, 0.3) is 0 Å². The van der Waals surface area contributed by atoms with E-state index in [4.69, 9.17) is 9.15 Å². The van der Waals surface area contributed by atoms with E-state index in [0.717, 1.165) is 21.2 Å². The van der Waals surface area contributed by atoms with Crippen LogP contribution in [0.15, 0.2) is 58.0 Å². The fourth-order valence-corrected chi connectivity index (χ4v) is 3.89. The number of furan rings is 1. The first-order valence-electron chi connectivity index (χ1n) is 8.07. The van der Waals surface area contributed by atoms with Gasteiger partial charge in [0, 0.05) is 25.1 Å². The molecule has 1 amide bonds. The number of hydrogen-bond acceptors (Lipinski definition) is 5. The molecule has 0 aliphatic carbocycles. The number of nitrogens with one attached hydrogen (secondary N) is 1. The van der Waals surface area contributed by atoms with Crippen LogP contribution in [0.3, 0.4) is 0 Å². The van der Waals surface area contributed by atoms with E-state index < -0.39 is 5.91 Å². The summed E-state index contributed by atoms with van der Waals surface area (Å²) in [5.74, 6) is -0.175. The second-order valence-corrected chi connectivity index (χ2v) is 6.81. The summed E-state index contributed by atoms with van der Waals surface area (Å²) in [7, 11) is 3.51. The van der Waals surface area contributed by atoms with E-state index in [2.05, 4.69) is 10.5 Å². The van der Waals surface area contributed by atoms with Crippen LogP contribution >= 0.6 is 11.3 Å². The first-order chi connectivity index (χ1) is 12.7. The Morgan fingerprint density at radius 3 is 2.81 bits per heavy atom. The Bertz CT molecular complexity index is 1170. The molecule has 0 unspecified atom stereocenters. The van der Waals surface area contributed by atoms with Crippen molar-refractivity contribution in [2.24, 2.45) is 12.1 Å². The van der Waals surface area contributed by atoms with Gasteiger partial charge in [-0.05, 0) is 18.2 Å². The number of aryl methyl sites for hydroxylation is 1. The number of carbonyl (C=O) groups excluding carboxylic acids is 1. The van der Waals surface area contributed by atoms with Crippen LogP contribution in [0.25, 0.3) is 21.2 Å². The normalized spacial score (nSPS) is 12.2. The molecule has 4 rings (SSSR count). The van der Waals surface area contributed by atoms with Crippen molar-refractivity contribution in [3.8, 4) is 0 Å². The van der Waals surface area contributed by atoms with Gasteiger partial charge in [0.2, 0.25) is 4.80 Å². The lowest BCUT2D eigenvalue weighted by Crippen LogP contribution is -2.23. The molecule has 6 nitrogen and oxygen atoms in total. The predicted octanol–water partition coefficient (Wildman–Crippen LogP) is 3.38. The predicted molar refractivity (Wildman–Crippen MR) is 101 cm³/mol. The molecule has 2 heterocycles. The molecule has 4 aromatic rings. The average molecular weight is 367 g/mol. The fourth-order valence-electron chi connectivity index (χ4n) is 2.91. The van der Waals surface area contributed by atoms with E-state index in [1.165, 1.54) is 11.3 Å². The van der Waals surface area contributed by atoms with Crippen molar-refractivity contribution in [1.29, 1.82) is 0 Å². The van der Waals surface area contributed by atoms with Crippen molar-refractivity contribution in [3.63, 3.8) is 0 Å². The van der Waals surface area contributed by atoms with E-state index in [1.54, 1.807) is 7.11 Å². The highest BCUT2D eigenvalue weighted by atomic mass is 32.1. The van der Waals surface area contributed by atoms with Crippen LogP contribution in [0.2, 0.25) is 0 Å². The zero-order valence-electron chi connectivity index (χ0n) is 14.4. The summed E-state index contributed by atoms with van der Waals surface area (Å²) in [6.45, 7) is 0.288. The molecule has 0 radical (unpaired) electrons. The second-order valence-electron chi connectivity index (χ2n) is 5.80. The summed E-state index contributed by atoms with van der Waals surface area (Å²) in [5, 5.41) is 5.14. The van der Waals surface area contributed by atoms with Gasteiger partial charge in [0.1, 0.15) is 5.58 Å². The molecular formula is C19H17N3O3S. The number of para-hydroxylation sites is 2. The summed E-state index contributed by atoms with van der Waals surface area (Å²) < 4.78 is 14.0. The Morgan fingerprint density at radius 1 is 1.23 bits per heavy atom. The van der Waals surface area contributed by atoms with Crippen LogP contribution in [0, 0.1) is 0 Å². The van der Waals surface area contributed by atoms with Gasteiger partial charge in [-0.15, -0.1) is 5.10 Å². The third-order valence-electron chi connectivity index (χ3n) is 4.16. The minimum Gasteiger partial charge on any atom is -0.450 e. The first kappa shape index (κ1) is 16.6. The number of ether oxygens (including phenoxy) is 1. The lowest BCUT2D eigenvalue weighted by atomic mass is 10.1. The fraction of sp³-hybridized carbons (Fsp3) is 0.158. The molecule has 1 N–H and O–H groups in total. The highest BCUT2D eigenvalue weighted by Crippen LogP contribution is 2.26. The molecule has 0 spiro atoms. The third kappa shape index (κ3) is 2.81. The van der Waals surface area contributed by atoms with Crippen LogP contribution in [-0.2, 0) is 18.4 Å². The van der Waals surface area contributed by atoms with E-state index in [9.17, 15) is 4.79 Å². The maximum atomic E-state index is 12.7. The Balaban J connectivity index is 1.71. The molecule has 0 fully saturated rings. The van der Waals surface area contributed by atoms with Crippen LogP contribution in [0.5, 0.6) is 0 Å². The lowest BCUT2D eigenvalue weighted by Gasteiger charge is -2.01. The summed E-state index contributed by atoms with van der Waals surface area (Å²) in [6, 6.07) is 15.5. The van der Waals surface area contributed by atoms with E-state index in [0.29, 0.717) is 10.4 Å². The minimum absolute atomic E-state index is 0.223. The summed E-state index contributed by atoms with van der Waals surface area (Å²) in [5.41, 5.74) is 5.04. The highest BCUT2D eigenvalue weighted by molar-refractivity contribution is 7.16. The van der Waals surface area contributed by atoms with Crippen molar-refractivity contribution < 1.29 is 13.9 Å². The standard InChI is InChI=1S/C19H17N3O3S/c1-22-14-8-4-6-10-16(14)26-19(22)21-20-18(23)17-13(11-24-2)12-7-3-5-9-15(12)25-17/h3-10H,11H2,1-2H3,(H,20,23)/b21-19+. The number of aromatic nitrogens is 1. The van der Waals surface area contributed by atoms with Gasteiger partial charge in [0.15, 0.2) is 5.76 Å². The van der Waals surface area contributed by atoms with Crippen molar-refractivity contribution >= 4 is 38.4 Å². The number of benzene rings is 2. The van der Waals surface area contributed by atoms with Crippen molar-refractivity contribution in [2.75, 3.05) is 7.11 Å². The molecular weight excluding hydrogens is 350 g/mol. The first-order valence-corrected chi connectivity index (χ1v) is 8.88. The molecule has 0 saturated carbocycles. The van der Waals surface area contributed by atoms with Gasteiger partial charge in [-0.3, -0.25) is 4.79 Å². The number of rotatable bonds is 4. The smallest absolute Gasteiger partial charge is 0.307 e. The van der Waals surface area contributed by atoms with Gasteiger partial charge in [-0.1, -0.05) is 41.7 Å². The van der Waals surface area contributed by atoms with Crippen LogP contribution < -0.4 is 10.2 Å². The summed E-state index contributed by atoms with van der Waals surface area (Å²) in [4.78, 5) is 13.3. The van der Waals surface area contributed by atoms with E-state index in [1.807, 2.05) is 60.1 Å². The quantitative estimate of drug-likeness (QED) is 0.562. The minimum atomic E-state index is -0.397. The van der Waals surface area contributed by atoms with E-state index in [-0.39, 0.29) is 12.4 Å². The van der Waals surface area contributed by atoms with Crippen molar-refractivity contribution in [3.05, 3.63) is 64.7 Å². The van der Waals surface area contributed by atoms with E-state index >= 15 is 0 Å². The van der Waals surface area contributed by atoms with Gasteiger partial charge in [0.05, 0.1) is 16.8 Å². The lowest BCUT2D eigenvalue weighted by molar-refractivity contribution is 0.0921. The largest absolute Gasteiger partial charge is 0.450 e. The Hall–Kier alpha value is -2.90. The van der Waals surface area contributed by atoms with Crippen LogP contribution in [0.4, 0.5) is 0 Å². The molecule has 132 valence electrons. The maximum Gasteiger partial charge on any atom is 0.307 e. The van der Waals surface area contributed by atoms with Gasteiger partial charge < -0.3 is 13.7 Å². The van der Waals surface area contributed by atoms with Crippen LogP contribution in [-0.4, -0.2) is 17.6 Å². The van der Waals surface area contributed by atoms with Gasteiger partial charge in [-0.25, -0.2) is 5.43 Å². The number of nitrogens with zero attached hydrogens (tertiary/aromatic N) is 2. The Kier molecular flexibility index (Phi) is 4.32. The zero-order chi connectivity index (χ0) is 18.1. The zero-order valence-corrected chi connectivity index (χ0v) is 15.2. The number of amides is 1. The molecule has 0 atom stereocenters. The number of fused-ring (bicyclic) bond motifs is 2. The molecule has 2 aromatic heterocycles. The van der Waals surface area contributed by atoms with Gasteiger partial charge >= 0.3 is 5.91 Å². The molecule has 26 heavy (non-hydrogen) atoms.